The summed E-state index contributed by atoms with van der Waals surface area (Å²) in [6.07, 6.45) is 0. The van der Waals surface area contributed by atoms with Gasteiger partial charge in [-0.3, -0.25) is 4.79 Å². The van der Waals surface area contributed by atoms with Crippen LogP contribution in [0, 0.1) is 19.7 Å². The number of nitrogens with one attached hydrogen (secondary N) is 1. The first-order chi connectivity index (χ1) is 11.0. The Balaban J connectivity index is 1.84. The molecular formula is C18H20FNO3. The van der Waals surface area contributed by atoms with E-state index < -0.39 is 5.82 Å². The smallest absolute Gasteiger partial charge is 0.258 e. The van der Waals surface area contributed by atoms with Gasteiger partial charge in [0, 0.05) is 12.1 Å². The second kappa shape index (κ2) is 7.74. The molecule has 0 atom stereocenters. The van der Waals surface area contributed by atoms with Crippen LogP contribution in [0.15, 0.2) is 36.4 Å². The van der Waals surface area contributed by atoms with Crippen LogP contribution < -0.4 is 10.1 Å². The lowest BCUT2D eigenvalue weighted by molar-refractivity contribution is -0.123. The second-order valence-electron chi connectivity index (χ2n) is 5.40. The van der Waals surface area contributed by atoms with Crippen molar-refractivity contribution in [2.24, 2.45) is 0 Å². The molecule has 0 saturated carbocycles. The van der Waals surface area contributed by atoms with Crippen molar-refractivity contribution in [3.63, 3.8) is 0 Å². The molecule has 23 heavy (non-hydrogen) atoms. The van der Waals surface area contributed by atoms with Gasteiger partial charge in [-0.05, 0) is 54.8 Å². The van der Waals surface area contributed by atoms with Gasteiger partial charge in [-0.1, -0.05) is 12.1 Å². The zero-order chi connectivity index (χ0) is 16.8. The Hall–Kier alpha value is -2.40. The fourth-order valence-corrected chi connectivity index (χ4v) is 2.06. The van der Waals surface area contributed by atoms with E-state index >= 15 is 0 Å². The van der Waals surface area contributed by atoms with Crippen LogP contribution in [0.1, 0.15) is 22.3 Å². The van der Waals surface area contributed by atoms with E-state index in [9.17, 15) is 9.18 Å². The summed E-state index contributed by atoms with van der Waals surface area (Å²) in [4.78, 5) is 11.8. The van der Waals surface area contributed by atoms with Crippen molar-refractivity contribution in [3.8, 4) is 5.75 Å². The quantitative estimate of drug-likeness (QED) is 0.861. The number of aliphatic hydroxyl groups is 1. The summed E-state index contributed by atoms with van der Waals surface area (Å²) < 4.78 is 18.7. The van der Waals surface area contributed by atoms with E-state index in [0.29, 0.717) is 5.75 Å². The first kappa shape index (κ1) is 17.0. The molecule has 0 bridgehead atoms. The van der Waals surface area contributed by atoms with Gasteiger partial charge < -0.3 is 15.2 Å². The zero-order valence-electron chi connectivity index (χ0n) is 13.2. The molecule has 0 radical (unpaired) electrons. The Kier molecular flexibility index (Phi) is 5.71. The van der Waals surface area contributed by atoms with Crippen LogP contribution in [0.4, 0.5) is 4.39 Å². The Morgan fingerprint density at radius 3 is 2.65 bits per heavy atom. The van der Waals surface area contributed by atoms with Crippen LogP contribution in [0.2, 0.25) is 0 Å². The molecule has 2 aromatic carbocycles. The average molecular weight is 317 g/mol. The molecule has 5 heteroatoms. The van der Waals surface area contributed by atoms with Gasteiger partial charge in [0.25, 0.3) is 5.91 Å². The van der Waals surface area contributed by atoms with Crippen molar-refractivity contribution in [3.05, 3.63) is 64.5 Å². The summed E-state index contributed by atoms with van der Waals surface area (Å²) in [6.45, 7) is 3.78. The van der Waals surface area contributed by atoms with Gasteiger partial charge in [0.1, 0.15) is 11.6 Å². The molecule has 1 amide bonds. The number of hydrogen-bond donors (Lipinski definition) is 2. The SMILES string of the molecule is Cc1ccc(OCC(=O)NCc2ccc(F)c(CO)c2)cc1C. The molecule has 0 fully saturated rings. The number of hydrogen-bond acceptors (Lipinski definition) is 3. The van der Waals surface area contributed by atoms with Gasteiger partial charge in [0.05, 0.1) is 6.61 Å². The molecule has 4 nitrogen and oxygen atoms in total. The molecule has 0 heterocycles. The van der Waals surface area contributed by atoms with Gasteiger partial charge in [0.15, 0.2) is 6.61 Å². The van der Waals surface area contributed by atoms with E-state index in [2.05, 4.69) is 5.32 Å². The highest BCUT2D eigenvalue weighted by Gasteiger charge is 2.06. The summed E-state index contributed by atoms with van der Waals surface area (Å²) in [5.41, 5.74) is 3.20. The molecular weight excluding hydrogens is 297 g/mol. The van der Waals surface area contributed by atoms with Gasteiger partial charge >= 0.3 is 0 Å². The topological polar surface area (TPSA) is 58.6 Å². The van der Waals surface area contributed by atoms with Gasteiger partial charge in [-0.2, -0.15) is 0 Å². The van der Waals surface area contributed by atoms with E-state index in [1.165, 1.54) is 12.1 Å². The molecule has 2 rings (SSSR count). The Morgan fingerprint density at radius 1 is 1.17 bits per heavy atom. The molecule has 122 valence electrons. The molecule has 2 aromatic rings. The first-order valence-electron chi connectivity index (χ1n) is 7.34. The largest absolute Gasteiger partial charge is 0.484 e. The Labute approximate surface area is 134 Å². The van der Waals surface area contributed by atoms with E-state index in [4.69, 9.17) is 9.84 Å². The normalized spacial score (nSPS) is 10.4. The number of amides is 1. The van der Waals surface area contributed by atoms with Crippen molar-refractivity contribution in [1.82, 2.24) is 5.32 Å². The number of aliphatic hydroxyl groups excluding tert-OH is 1. The summed E-state index contributed by atoms with van der Waals surface area (Å²) in [7, 11) is 0. The minimum absolute atomic E-state index is 0.0868. The van der Waals surface area contributed by atoms with Crippen LogP contribution >= 0.6 is 0 Å². The molecule has 2 N–H and O–H groups in total. The lowest BCUT2D eigenvalue weighted by Crippen LogP contribution is -2.28. The fourth-order valence-electron chi connectivity index (χ4n) is 2.06. The second-order valence-corrected chi connectivity index (χ2v) is 5.40. The highest BCUT2D eigenvalue weighted by atomic mass is 19.1. The average Bonchev–Trinajstić information content (AvgIpc) is 2.55. The molecule has 0 spiro atoms. The van der Waals surface area contributed by atoms with Gasteiger partial charge in [-0.25, -0.2) is 4.39 Å². The van der Waals surface area contributed by atoms with Crippen LogP contribution in [0.3, 0.4) is 0 Å². The monoisotopic (exact) mass is 317 g/mol. The maximum atomic E-state index is 13.3. The standard InChI is InChI=1S/C18H20FNO3/c1-12-3-5-16(7-13(12)2)23-11-18(22)20-9-14-4-6-17(19)15(8-14)10-21/h3-8,21H,9-11H2,1-2H3,(H,20,22). The van der Waals surface area contributed by atoms with Crippen LogP contribution in [0.25, 0.3) is 0 Å². The van der Waals surface area contributed by atoms with Crippen molar-refractivity contribution in [2.75, 3.05) is 6.61 Å². The highest BCUT2D eigenvalue weighted by molar-refractivity contribution is 5.77. The lowest BCUT2D eigenvalue weighted by Gasteiger charge is -2.10. The summed E-state index contributed by atoms with van der Waals surface area (Å²) in [6, 6.07) is 10.0. The fraction of sp³-hybridized carbons (Fsp3) is 0.278. The highest BCUT2D eigenvalue weighted by Crippen LogP contribution is 2.16. The summed E-state index contributed by atoms with van der Waals surface area (Å²) in [5, 5.41) is 11.7. The zero-order valence-corrected chi connectivity index (χ0v) is 13.2. The predicted molar refractivity (Wildman–Crippen MR) is 85.6 cm³/mol. The van der Waals surface area contributed by atoms with E-state index in [1.54, 1.807) is 6.07 Å². The van der Waals surface area contributed by atoms with Crippen molar-refractivity contribution in [2.45, 2.75) is 27.0 Å². The van der Waals surface area contributed by atoms with Crippen molar-refractivity contribution < 1.29 is 19.0 Å². The summed E-state index contributed by atoms with van der Waals surface area (Å²) in [5.74, 6) is -0.0775. The van der Waals surface area contributed by atoms with E-state index in [0.717, 1.165) is 16.7 Å². The molecule has 0 aromatic heterocycles. The third kappa shape index (κ3) is 4.79. The number of carbonyl (C=O) groups is 1. The van der Waals surface area contributed by atoms with Gasteiger partial charge in [0.2, 0.25) is 0 Å². The third-order valence-corrected chi connectivity index (χ3v) is 3.62. The number of benzene rings is 2. The van der Waals surface area contributed by atoms with E-state index in [1.807, 2.05) is 32.0 Å². The first-order valence-corrected chi connectivity index (χ1v) is 7.34. The number of aryl methyl sites for hydroxylation is 2. The number of rotatable bonds is 6. The molecule has 0 aliphatic heterocycles. The molecule has 0 saturated heterocycles. The molecule has 0 aliphatic rings. The van der Waals surface area contributed by atoms with Crippen molar-refractivity contribution >= 4 is 5.91 Å². The maximum Gasteiger partial charge on any atom is 0.258 e. The Bertz CT molecular complexity index is 701. The predicted octanol–water partition coefficient (Wildman–Crippen LogP) is 2.63. The number of ether oxygens (including phenoxy) is 1. The molecule has 0 aliphatic carbocycles. The minimum Gasteiger partial charge on any atom is -0.484 e. The minimum atomic E-state index is -0.458. The maximum absolute atomic E-state index is 13.3. The number of carbonyl (C=O) groups excluding carboxylic acids is 1. The van der Waals surface area contributed by atoms with Crippen LogP contribution in [-0.4, -0.2) is 17.6 Å². The lowest BCUT2D eigenvalue weighted by atomic mass is 10.1. The van der Waals surface area contributed by atoms with Crippen LogP contribution in [-0.2, 0) is 17.9 Å². The summed E-state index contributed by atoms with van der Waals surface area (Å²) >= 11 is 0. The molecule has 0 unspecified atom stereocenters. The van der Waals surface area contributed by atoms with E-state index in [-0.39, 0.29) is 31.2 Å². The van der Waals surface area contributed by atoms with Crippen LogP contribution in [0.5, 0.6) is 5.75 Å². The third-order valence-electron chi connectivity index (χ3n) is 3.62. The van der Waals surface area contributed by atoms with Crippen molar-refractivity contribution in [1.29, 1.82) is 0 Å². The number of halogens is 1. The Morgan fingerprint density at radius 2 is 1.96 bits per heavy atom. The van der Waals surface area contributed by atoms with Gasteiger partial charge in [-0.15, -0.1) is 0 Å².